The number of amides is 1. The summed E-state index contributed by atoms with van der Waals surface area (Å²) in [6.45, 7) is 2.94. The van der Waals surface area contributed by atoms with Crippen molar-refractivity contribution in [1.82, 2.24) is 8.87 Å². The maximum Gasteiger partial charge on any atom is 0.266 e. The lowest BCUT2D eigenvalue weighted by molar-refractivity contribution is -0.122. The highest BCUT2D eigenvalue weighted by molar-refractivity contribution is 9.10. The lowest BCUT2D eigenvalue weighted by Crippen LogP contribution is -2.47. The summed E-state index contributed by atoms with van der Waals surface area (Å²) < 4.78 is 32.1. The summed E-state index contributed by atoms with van der Waals surface area (Å²) in [5.41, 5.74) is 0.984. The Labute approximate surface area is 196 Å². The lowest BCUT2D eigenvalue weighted by atomic mass is 10.0. The van der Waals surface area contributed by atoms with Gasteiger partial charge in [0.1, 0.15) is 10.3 Å². The molecule has 1 fully saturated rings. The highest BCUT2D eigenvalue weighted by Crippen LogP contribution is 2.32. The number of sulfonamides is 1. The van der Waals surface area contributed by atoms with E-state index in [0.717, 1.165) is 32.4 Å². The van der Waals surface area contributed by atoms with Gasteiger partial charge in [-0.1, -0.05) is 35.4 Å². The molecule has 1 atom stereocenters. The van der Waals surface area contributed by atoms with E-state index in [2.05, 4.69) is 20.9 Å². The van der Waals surface area contributed by atoms with Crippen molar-refractivity contribution >= 4 is 76.4 Å². The van der Waals surface area contributed by atoms with Crippen molar-refractivity contribution in [3.05, 3.63) is 43.9 Å². The van der Waals surface area contributed by atoms with Gasteiger partial charge in [-0.2, -0.15) is 9.30 Å². The molecule has 3 aromatic rings. The van der Waals surface area contributed by atoms with Gasteiger partial charge in [0.2, 0.25) is 0 Å². The van der Waals surface area contributed by atoms with Crippen LogP contribution < -0.4 is 4.80 Å². The molecule has 0 bridgehead atoms. The van der Waals surface area contributed by atoms with Gasteiger partial charge in [0, 0.05) is 17.6 Å². The van der Waals surface area contributed by atoms with E-state index in [1.54, 1.807) is 6.07 Å². The summed E-state index contributed by atoms with van der Waals surface area (Å²) in [7, 11) is -3.80. The Balaban J connectivity index is 1.75. The van der Waals surface area contributed by atoms with Gasteiger partial charge in [0.15, 0.2) is 4.80 Å². The summed E-state index contributed by atoms with van der Waals surface area (Å²) in [5, 5.41) is 0. The number of carbonyl (C=O) groups excluding carboxylic acids is 1. The molecule has 0 spiro atoms. The second kappa shape index (κ2) is 8.84. The molecule has 2 aromatic heterocycles. The highest BCUT2D eigenvalue weighted by Gasteiger charge is 2.38. The molecule has 1 saturated heterocycles. The summed E-state index contributed by atoms with van der Waals surface area (Å²) in [6, 6.07) is 8.12. The van der Waals surface area contributed by atoms with Gasteiger partial charge < -0.3 is 4.57 Å². The van der Waals surface area contributed by atoms with E-state index in [4.69, 9.17) is 11.6 Å². The minimum atomic E-state index is -3.80. The maximum absolute atomic E-state index is 13.2. The normalized spacial score (nSPS) is 18.9. The van der Waals surface area contributed by atoms with Crippen LogP contribution in [0.5, 0.6) is 0 Å². The van der Waals surface area contributed by atoms with E-state index in [1.807, 2.05) is 29.7 Å². The molecule has 6 nitrogen and oxygen atoms in total. The number of benzene rings is 1. The number of rotatable bonds is 4. The van der Waals surface area contributed by atoms with Crippen LogP contribution in [0.25, 0.3) is 10.2 Å². The Morgan fingerprint density at radius 3 is 2.77 bits per heavy atom. The Morgan fingerprint density at radius 1 is 1.27 bits per heavy atom. The second-order valence-electron chi connectivity index (χ2n) is 6.85. The number of fused-ring (bicyclic) bond motifs is 1. The first-order valence-corrected chi connectivity index (χ1v) is 13.7. The third kappa shape index (κ3) is 4.05. The van der Waals surface area contributed by atoms with Gasteiger partial charge in [-0.3, -0.25) is 4.79 Å². The SMILES string of the molecule is CCn1c(=NC(=O)C2CCCCN2S(=O)(=O)c2ccc(Cl)s2)sc2cccc(Br)c21. The maximum atomic E-state index is 13.2. The number of thiazole rings is 1. The second-order valence-corrected chi connectivity index (χ2v) is 12.5. The van der Waals surface area contributed by atoms with E-state index < -0.39 is 22.0 Å². The molecule has 11 heteroatoms. The molecular formula is C19H19BrClN3O3S3. The molecule has 1 aliphatic heterocycles. The van der Waals surface area contributed by atoms with Crippen LogP contribution in [-0.4, -0.2) is 35.8 Å². The van der Waals surface area contributed by atoms with Crippen molar-refractivity contribution < 1.29 is 13.2 Å². The standard InChI is InChI=1S/C19H19BrClN3O3S3/c1-2-23-17-12(20)6-5-8-14(17)28-19(23)22-18(25)13-7-3-4-11-24(13)30(26,27)16-10-9-15(21)29-16/h5-6,8-10,13H,2-4,7,11H2,1H3. The predicted octanol–water partition coefficient (Wildman–Crippen LogP) is 4.87. The Kier molecular flexibility index (Phi) is 6.53. The highest BCUT2D eigenvalue weighted by atomic mass is 79.9. The zero-order chi connectivity index (χ0) is 21.5. The number of aromatic nitrogens is 1. The largest absolute Gasteiger partial charge is 0.316 e. The van der Waals surface area contributed by atoms with Crippen LogP contribution in [0.1, 0.15) is 26.2 Å². The van der Waals surface area contributed by atoms with Crippen LogP contribution in [-0.2, 0) is 21.4 Å². The summed E-state index contributed by atoms with van der Waals surface area (Å²) in [4.78, 5) is 18.1. The number of halogens is 2. The van der Waals surface area contributed by atoms with E-state index in [9.17, 15) is 13.2 Å². The fraction of sp³-hybridized carbons (Fsp3) is 0.368. The number of nitrogens with zero attached hydrogens (tertiary/aromatic N) is 3. The zero-order valence-corrected chi connectivity index (χ0v) is 20.8. The quantitative estimate of drug-likeness (QED) is 0.467. The molecule has 0 radical (unpaired) electrons. The molecule has 0 saturated carbocycles. The first kappa shape index (κ1) is 22.2. The van der Waals surface area contributed by atoms with Gasteiger partial charge in [-0.05, 0) is 60.0 Å². The fourth-order valence-electron chi connectivity index (χ4n) is 3.63. The molecular weight excluding hydrogens is 530 g/mol. The van der Waals surface area contributed by atoms with E-state index in [-0.39, 0.29) is 4.21 Å². The smallest absolute Gasteiger partial charge is 0.266 e. The van der Waals surface area contributed by atoms with Crippen LogP contribution >= 0.6 is 50.2 Å². The Hall–Kier alpha value is -1.04. The van der Waals surface area contributed by atoms with Crippen LogP contribution in [0, 0.1) is 0 Å². The number of hydrogen-bond acceptors (Lipinski definition) is 5. The molecule has 1 aromatic carbocycles. The number of para-hydroxylation sites is 1. The van der Waals surface area contributed by atoms with Crippen LogP contribution in [0.15, 0.2) is 44.0 Å². The van der Waals surface area contributed by atoms with Crippen LogP contribution in [0.4, 0.5) is 0 Å². The topological polar surface area (TPSA) is 71.7 Å². The van der Waals surface area contributed by atoms with Crippen molar-refractivity contribution in [3.8, 4) is 0 Å². The average Bonchev–Trinajstić information content (AvgIpc) is 3.32. The molecule has 1 aliphatic rings. The lowest BCUT2D eigenvalue weighted by Gasteiger charge is -2.31. The number of piperidine rings is 1. The molecule has 4 rings (SSSR count). The van der Waals surface area contributed by atoms with Gasteiger partial charge in [0.25, 0.3) is 15.9 Å². The first-order chi connectivity index (χ1) is 14.3. The monoisotopic (exact) mass is 547 g/mol. The number of carbonyl (C=O) groups is 1. The average molecular weight is 549 g/mol. The Morgan fingerprint density at radius 2 is 2.07 bits per heavy atom. The van der Waals surface area contributed by atoms with Gasteiger partial charge in [-0.25, -0.2) is 8.42 Å². The molecule has 3 heterocycles. The molecule has 1 amide bonds. The van der Waals surface area contributed by atoms with Crippen molar-refractivity contribution in [1.29, 1.82) is 0 Å². The zero-order valence-electron chi connectivity index (χ0n) is 16.0. The minimum Gasteiger partial charge on any atom is -0.316 e. The third-order valence-corrected chi connectivity index (χ3v) is 10.3. The van der Waals surface area contributed by atoms with E-state index >= 15 is 0 Å². The molecule has 160 valence electrons. The molecule has 1 unspecified atom stereocenters. The van der Waals surface area contributed by atoms with E-state index in [0.29, 0.717) is 35.1 Å². The van der Waals surface area contributed by atoms with Crippen molar-refractivity contribution in [2.24, 2.45) is 4.99 Å². The molecule has 30 heavy (non-hydrogen) atoms. The van der Waals surface area contributed by atoms with Crippen molar-refractivity contribution in [2.45, 2.75) is 43.0 Å². The van der Waals surface area contributed by atoms with Crippen LogP contribution in [0.3, 0.4) is 0 Å². The van der Waals surface area contributed by atoms with Gasteiger partial charge >= 0.3 is 0 Å². The number of aryl methyl sites for hydroxylation is 1. The first-order valence-electron chi connectivity index (χ1n) is 9.46. The molecule has 0 N–H and O–H groups in total. The predicted molar refractivity (Wildman–Crippen MR) is 125 cm³/mol. The fourth-order valence-corrected chi connectivity index (χ4v) is 8.73. The van der Waals surface area contributed by atoms with Crippen LogP contribution in [0.2, 0.25) is 4.34 Å². The Bertz CT molecular complexity index is 1280. The molecule has 0 aliphatic carbocycles. The summed E-state index contributed by atoms with van der Waals surface area (Å²) in [6.07, 6.45) is 1.96. The number of hydrogen-bond donors (Lipinski definition) is 0. The van der Waals surface area contributed by atoms with E-state index in [1.165, 1.54) is 21.7 Å². The third-order valence-electron chi connectivity index (χ3n) is 5.02. The van der Waals surface area contributed by atoms with Crippen molar-refractivity contribution in [2.75, 3.05) is 6.54 Å². The summed E-state index contributed by atoms with van der Waals surface area (Å²) >= 11 is 11.9. The van der Waals surface area contributed by atoms with Gasteiger partial charge in [0.05, 0.1) is 14.6 Å². The minimum absolute atomic E-state index is 0.154. The van der Waals surface area contributed by atoms with Crippen molar-refractivity contribution in [3.63, 3.8) is 0 Å². The van der Waals surface area contributed by atoms with Gasteiger partial charge in [-0.15, -0.1) is 11.3 Å². The number of thiophene rings is 1. The summed E-state index contributed by atoms with van der Waals surface area (Å²) in [5.74, 6) is -0.425.